The molecule has 1 amide bonds. The molecule has 4 nitrogen and oxygen atoms in total. The first-order chi connectivity index (χ1) is 10.8. The second-order valence-electron chi connectivity index (χ2n) is 7.61. The van der Waals surface area contributed by atoms with Gasteiger partial charge in [-0.1, -0.05) is 43.2 Å². The molecule has 1 aromatic carbocycles. The lowest BCUT2D eigenvalue weighted by Gasteiger charge is -2.31. The van der Waals surface area contributed by atoms with Crippen molar-refractivity contribution in [3.8, 4) is 0 Å². The number of carbonyl (C=O) groups is 1. The van der Waals surface area contributed by atoms with Gasteiger partial charge in [0.25, 0.3) is 0 Å². The highest BCUT2D eigenvalue weighted by molar-refractivity contribution is 5.78. The third-order valence-electron chi connectivity index (χ3n) is 4.64. The van der Waals surface area contributed by atoms with Gasteiger partial charge in [0.15, 0.2) is 0 Å². The summed E-state index contributed by atoms with van der Waals surface area (Å²) in [6.45, 7) is 5.00. The molecule has 1 fully saturated rings. The van der Waals surface area contributed by atoms with Gasteiger partial charge in [-0.2, -0.15) is 0 Å². The summed E-state index contributed by atoms with van der Waals surface area (Å²) in [5.74, 6) is 0.0268. The van der Waals surface area contributed by atoms with E-state index >= 15 is 0 Å². The van der Waals surface area contributed by atoms with E-state index in [1.807, 2.05) is 18.0 Å². The van der Waals surface area contributed by atoms with Gasteiger partial charge in [0.1, 0.15) is 0 Å². The molecular formula is C19H30N2O2. The first-order valence-electron chi connectivity index (χ1n) is 8.54. The lowest BCUT2D eigenvalue weighted by molar-refractivity contribution is -0.122. The van der Waals surface area contributed by atoms with Gasteiger partial charge in [0.2, 0.25) is 5.91 Å². The molecule has 1 aliphatic rings. The number of nitrogens with zero attached hydrogens (tertiary/aromatic N) is 1. The van der Waals surface area contributed by atoms with Crippen molar-refractivity contribution in [3.63, 3.8) is 0 Å². The quantitative estimate of drug-likeness (QED) is 0.811. The maximum Gasteiger partial charge on any atom is 0.234 e. The third kappa shape index (κ3) is 5.33. The Morgan fingerprint density at radius 1 is 1.26 bits per heavy atom. The minimum absolute atomic E-state index is 0.0268. The molecule has 0 bridgehead atoms. The largest absolute Gasteiger partial charge is 0.389 e. The Balaban J connectivity index is 1.91. The fourth-order valence-electron chi connectivity index (χ4n) is 3.70. The van der Waals surface area contributed by atoms with Crippen molar-refractivity contribution < 1.29 is 9.90 Å². The Labute approximate surface area is 139 Å². The zero-order valence-electron chi connectivity index (χ0n) is 14.6. The molecule has 1 aromatic rings. The number of hydrogen-bond acceptors (Lipinski definition) is 3. The van der Waals surface area contributed by atoms with Gasteiger partial charge in [-0.05, 0) is 39.3 Å². The Hall–Kier alpha value is -1.39. The molecule has 0 heterocycles. The Kier molecular flexibility index (Phi) is 5.82. The van der Waals surface area contributed by atoms with Crippen LogP contribution in [0.1, 0.15) is 45.1 Å². The molecule has 128 valence electrons. The minimum Gasteiger partial charge on any atom is -0.389 e. The summed E-state index contributed by atoms with van der Waals surface area (Å²) in [5.41, 5.74) is 0.639. The number of carbonyl (C=O) groups excluding carboxylic acids is 1. The molecule has 2 rings (SSSR count). The van der Waals surface area contributed by atoms with Crippen molar-refractivity contribution in [3.05, 3.63) is 35.9 Å². The fraction of sp³-hybridized carbons (Fsp3) is 0.632. The standard InChI is InChI=1S/C19H30N2O2/c1-18(2,23)15-21(3)13-17(22)20-14-19(11-7-8-12-19)16-9-5-4-6-10-16/h4-6,9-10,23H,7-8,11-15H2,1-3H3,(H,20,22). The number of nitrogens with one attached hydrogen (secondary N) is 1. The zero-order valence-corrected chi connectivity index (χ0v) is 14.6. The smallest absolute Gasteiger partial charge is 0.234 e. The van der Waals surface area contributed by atoms with Crippen LogP contribution < -0.4 is 5.32 Å². The van der Waals surface area contributed by atoms with Crippen molar-refractivity contribution in [2.24, 2.45) is 0 Å². The molecule has 0 radical (unpaired) electrons. The number of aliphatic hydroxyl groups is 1. The first-order valence-corrected chi connectivity index (χ1v) is 8.54. The topological polar surface area (TPSA) is 52.6 Å². The average molecular weight is 318 g/mol. The van der Waals surface area contributed by atoms with Crippen LogP contribution >= 0.6 is 0 Å². The Morgan fingerprint density at radius 2 is 1.87 bits per heavy atom. The van der Waals surface area contributed by atoms with E-state index in [1.165, 1.54) is 18.4 Å². The van der Waals surface area contributed by atoms with Gasteiger partial charge in [-0.25, -0.2) is 0 Å². The van der Waals surface area contributed by atoms with E-state index in [-0.39, 0.29) is 11.3 Å². The molecule has 0 unspecified atom stereocenters. The van der Waals surface area contributed by atoms with Crippen molar-refractivity contribution in [1.82, 2.24) is 10.2 Å². The van der Waals surface area contributed by atoms with E-state index in [0.29, 0.717) is 19.6 Å². The summed E-state index contributed by atoms with van der Waals surface area (Å²) in [4.78, 5) is 14.1. The number of rotatable bonds is 7. The summed E-state index contributed by atoms with van der Waals surface area (Å²) in [5, 5.41) is 12.9. The molecular weight excluding hydrogens is 288 g/mol. The predicted octanol–water partition coefficient (Wildman–Crippen LogP) is 2.32. The van der Waals surface area contributed by atoms with Gasteiger partial charge in [-0.3, -0.25) is 9.69 Å². The molecule has 4 heteroatoms. The van der Waals surface area contributed by atoms with Crippen LogP contribution in [0.3, 0.4) is 0 Å². The molecule has 0 atom stereocenters. The lowest BCUT2D eigenvalue weighted by Crippen LogP contribution is -2.45. The van der Waals surface area contributed by atoms with E-state index in [1.54, 1.807) is 13.8 Å². The highest BCUT2D eigenvalue weighted by Gasteiger charge is 2.35. The summed E-state index contributed by atoms with van der Waals surface area (Å²) in [7, 11) is 1.86. The van der Waals surface area contributed by atoms with Crippen molar-refractivity contribution >= 4 is 5.91 Å². The van der Waals surface area contributed by atoms with Crippen LogP contribution in [0.25, 0.3) is 0 Å². The van der Waals surface area contributed by atoms with Crippen LogP contribution in [0.15, 0.2) is 30.3 Å². The number of hydrogen-bond donors (Lipinski definition) is 2. The van der Waals surface area contributed by atoms with Crippen LogP contribution in [0.5, 0.6) is 0 Å². The maximum absolute atomic E-state index is 12.2. The van der Waals surface area contributed by atoms with Gasteiger partial charge >= 0.3 is 0 Å². The van der Waals surface area contributed by atoms with E-state index in [4.69, 9.17) is 0 Å². The molecule has 23 heavy (non-hydrogen) atoms. The van der Waals surface area contributed by atoms with Crippen molar-refractivity contribution in [1.29, 1.82) is 0 Å². The summed E-state index contributed by atoms with van der Waals surface area (Å²) in [6.07, 6.45) is 4.72. The second-order valence-corrected chi connectivity index (χ2v) is 7.61. The maximum atomic E-state index is 12.2. The van der Waals surface area contributed by atoms with Crippen molar-refractivity contribution in [2.75, 3.05) is 26.7 Å². The Morgan fingerprint density at radius 3 is 2.43 bits per heavy atom. The van der Waals surface area contributed by atoms with Gasteiger partial charge in [0.05, 0.1) is 12.1 Å². The second kappa shape index (κ2) is 7.45. The van der Waals surface area contributed by atoms with Gasteiger partial charge in [-0.15, -0.1) is 0 Å². The molecule has 1 saturated carbocycles. The highest BCUT2D eigenvalue weighted by Crippen LogP contribution is 2.40. The van der Waals surface area contributed by atoms with Crippen LogP contribution in [-0.4, -0.2) is 48.2 Å². The van der Waals surface area contributed by atoms with E-state index in [9.17, 15) is 9.90 Å². The molecule has 0 spiro atoms. The highest BCUT2D eigenvalue weighted by atomic mass is 16.3. The van der Waals surface area contributed by atoms with Crippen molar-refractivity contribution in [2.45, 2.75) is 50.5 Å². The summed E-state index contributed by atoms with van der Waals surface area (Å²) in [6, 6.07) is 10.6. The van der Waals surface area contributed by atoms with Gasteiger partial charge < -0.3 is 10.4 Å². The number of amides is 1. The van der Waals surface area contributed by atoms with Crippen LogP contribution in [-0.2, 0) is 10.2 Å². The predicted molar refractivity (Wildman–Crippen MR) is 93.4 cm³/mol. The summed E-state index contributed by atoms with van der Waals surface area (Å²) >= 11 is 0. The van der Waals surface area contributed by atoms with E-state index in [0.717, 1.165) is 12.8 Å². The fourth-order valence-corrected chi connectivity index (χ4v) is 3.70. The average Bonchev–Trinajstić information content (AvgIpc) is 2.94. The van der Waals surface area contributed by atoms with Crippen LogP contribution in [0.4, 0.5) is 0 Å². The summed E-state index contributed by atoms with van der Waals surface area (Å²) < 4.78 is 0. The number of likely N-dealkylation sites (N-methyl/N-ethyl adjacent to an activating group) is 1. The van der Waals surface area contributed by atoms with Crippen LogP contribution in [0, 0.1) is 0 Å². The molecule has 0 aromatic heterocycles. The Bertz CT molecular complexity index is 502. The molecule has 1 aliphatic carbocycles. The van der Waals surface area contributed by atoms with Gasteiger partial charge in [0, 0.05) is 18.5 Å². The van der Waals surface area contributed by atoms with Crippen LogP contribution in [0.2, 0.25) is 0 Å². The third-order valence-corrected chi connectivity index (χ3v) is 4.64. The SMILES string of the molecule is CN(CC(=O)NCC1(c2ccccc2)CCCC1)CC(C)(C)O. The van der Waals surface area contributed by atoms with E-state index < -0.39 is 5.60 Å². The molecule has 2 N–H and O–H groups in total. The lowest BCUT2D eigenvalue weighted by atomic mass is 9.79. The molecule has 0 aliphatic heterocycles. The first kappa shape index (κ1) is 18.0. The van der Waals surface area contributed by atoms with E-state index in [2.05, 4.69) is 29.6 Å². The monoisotopic (exact) mass is 318 g/mol. The zero-order chi connectivity index (χ0) is 16.9. The minimum atomic E-state index is -0.786. The normalized spacial score (nSPS) is 17.4. The number of benzene rings is 1. The molecule has 0 saturated heterocycles.